The normalized spacial score (nSPS) is 16.7. The fourth-order valence-electron chi connectivity index (χ4n) is 2.98. The van der Waals surface area contributed by atoms with E-state index in [0.29, 0.717) is 5.75 Å². The summed E-state index contributed by atoms with van der Waals surface area (Å²) >= 11 is 1.56. The Bertz CT molecular complexity index is 671. The molecule has 0 heterocycles. The van der Waals surface area contributed by atoms with Gasteiger partial charge in [-0.3, -0.25) is 4.79 Å². The zero-order valence-corrected chi connectivity index (χ0v) is 13.7. The predicted molar refractivity (Wildman–Crippen MR) is 92.8 cm³/mol. The van der Waals surface area contributed by atoms with Crippen molar-refractivity contribution in [1.29, 1.82) is 0 Å². The number of fused-ring (bicyclic) bond motifs is 1. The molecule has 2 aromatic carbocycles. The van der Waals surface area contributed by atoms with Crippen LogP contribution >= 0.6 is 11.8 Å². The summed E-state index contributed by atoms with van der Waals surface area (Å²) in [7, 11) is 0. The first kappa shape index (κ1) is 16.1. The Balaban J connectivity index is 1.49. The summed E-state index contributed by atoms with van der Waals surface area (Å²) in [5, 5.41) is 3.15. The topological polar surface area (TPSA) is 29.1 Å². The number of carbonyl (C=O) groups excluding carboxylic acids is 1. The van der Waals surface area contributed by atoms with Crippen molar-refractivity contribution < 1.29 is 9.18 Å². The molecule has 0 aromatic heterocycles. The summed E-state index contributed by atoms with van der Waals surface area (Å²) in [5.41, 5.74) is 3.64. The highest BCUT2D eigenvalue weighted by molar-refractivity contribution is 7.99. The van der Waals surface area contributed by atoms with Crippen LogP contribution in [0.2, 0.25) is 0 Å². The lowest BCUT2D eigenvalue weighted by molar-refractivity contribution is -0.119. The van der Waals surface area contributed by atoms with E-state index in [2.05, 4.69) is 23.5 Å². The quantitative estimate of drug-likeness (QED) is 0.888. The molecule has 1 amide bonds. The van der Waals surface area contributed by atoms with E-state index in [1.54, 1.807) is 23.9 Å². The monoisotopic (exact) mass is 329 g/mol. The Kier molecular flexibility index (Phi) is 5.34. The second-order valence-corrected chi connectivity index (χ2v) is 6.82. The van der Waals surface area contributed by atoms with Gasteiger partial charge in [0.15, 0.2) is 0 Å². The average Bonchev–Trinajstić information content (AvgIpc) is 2.57. The number of rotatable bonds is 5. The largest absolute Gasteiger partial charge is 0.349 e. The second-order valence-electron chi connectivity index (χ2n) is 5.83. The lowest BCUT2D eigenvalue weighted by atomic mass is 9.88. The Hall–Kier alpha value is -1.81. The molecule has 0 bridgehead atoms. The number of benzene rings is 2. The van der Waals surface area contributed by atoms with Crippen molar-refractivity contribution in [1.82, 2.24) is 5.32 Å². The second kappa shape index (κ2) is 7.64. The van der Waals surface area contributed by atoms with E-state index >= 15 is 0 Å². The number of hydrogen-bond donors (Lipinski definition) is 1. The van der Waals surface area contributed by atoms with Gasteiger partial charge in [-0.1, -0.05) is 36.4 Å². The smallest absolute Gasteiger partial charge is 0.230 e. The van der Waals surface area contributed by atoms with Crippen LogP contribution in [0.5, 0.6) is 0 Å². The van der Waals surface area contributed by atoms with Crippen LogP contribution in [0.15, 0.2) is 48.5 Å². The molecule has 1 aliphatic carbocycles. The van der Waals surface area contributed by atoms with E-state index in [9.17, 15) is 9.18 Å². The van der Waals surface area contributed by atoms with Gasteiger partial charge in [-0.2, -0.15) is 0 Å². The Labute approximate surface area is 140 Å². The highest BCUT2D eigenvalue weighted by Gasteiger charge is 2.21. The molecule has 3 rings (SSSR count). The molecule has 23 heavy (non-hydrogen) atoms. The van der Waals surface area contributed by atoms with Gasteiger partial charge in [0.2, 0.25) is 5.91 Å². The molecule has 1 atom stereocenters. The first-order chi connectivity index (χ1) is 11.2. The van der Waals surface area contributed by atoms with Gasteiger partial charge in [0, 0.05) is 5.75 Å². The van der Waals surface area contributed by atoms with Gasteiger partial charge >= 0.3 is 0 Å². The van der Waals surface area contributed by atoms with Gasteiger partial charge in [0.1, 0.15) is 5.82 Å². The molecule has 0 unspecified atom stereocenters. The van der Waals surface area contributed by atoms with Crippen molar-refractivity contribution in [2.75, 3.05) is 5.75 Å². The van der Waals surface area contributed by atoms with Crippen molar-refractivity contribution in [2.45, 2.75) is 31.1 Å². The van der Waals surface area contributed by atoms with Crippen LogP contribution in [0.3, 0.4) is 0 Å². The van der Waals surface area contributed by atoms with Crippen LogP contribution in [0, 0.1) is 5.82 Å². The van der Waals surface area contributed by atoms with E-state index in [1.807, 2.05) is 6.07 Å². The fourth-order valence-corrected chi connectivity index (χ4v) is 3.78. The molecular weight excluding hydrogens is 309 g/mol. The molecule has 2 aromatic rings. The molecule has 1 N–H and O–H groups in total. The zero-order chi connectivity index (χ0) is 16.1. The number of aryl methyl sites for hydroxylation is 1. The number of nitrogens with one attached hydrogen (secondary N) is 1. The van der Waals surface area contributed by atoms with Crippen molar-refractivity contribution in [3.8, 4) is 0 Å². The average molecular weight is 329 g/mol. The number of thioether (sulfide) groups is 1. The van der Waals surface area contributed by atoms with Crippen LogP contribution < -0.4 is 5.32 Å². The molecule has 2 nitrogen and oxygen atoms in total. The molecule has 1 aliphatic rings. The highest BCUT2D eigenvalue weighted by Crippen LogP contribution is 2.29. The van der Waals surface area contributed by atoms with Crippen molar-refractivity contribution in [2.24, 2.45) is 0 Å². The summed E-state index contributed by atoms with van der Waals surface area (Å²) < 4.78 is 12.8. The predicted octanol–water partition coefficient (Wildman–Crippen LogP) is 4.25. The van der Waals surface area contributed by atoms with E-state index in [1.165, 1.54) is 23.3 Å². The Morgan fingerprint density at radius 2 is 1.96 bits per heavy atom. The molecule has 0 fully saturated rings. The van der Waals surface area contributed by atoms with E-state index in [0.717, 1.165) is 30.6 Å². The molecule has 120 valence electrons. The highest BCUT2D eigenvalue weighted by atomic mass is 32.2. The van der Waals surface area contributed by atoms with Gasteiger partial charge in [-0.25, -0.2) is 4.39 Å². The number of hydrogen-bond acceptors (Lipinski definition) is 2. The third kappa shape index (κ3) is 4.35. The maximum Gasteiger partial charge on any atom is 0.230 e. The van der Waals surface area contributed by atoms with Crippen LogP contribution in [0.4, 0.5) is 4.39 Å². The maximum atomic E-state index is 12.8. The summed E-state index contributed by atoms with van der Waals surface area (Å²) in [5.74, 6) is 0.983. The Morgan fingerprint density at radius 3 is 2.78 bits per heavy atom. The maximum absolute atomic E-state index is 12.8. The molecule has 0 radical (unpaired) electrons. The minimum absolute atomic E-state index is 0.0683. The van der Waals surface area contributed by atoms with Crippen LogP contribution in [0.1, 0.15) is 35.6 Å². The zero-order valence-electron chi connectivity index (χ0n) is 12.9. The standard InChI is InChI=1S/C19H20FNOS/c20-16-10-8-14(9-11-16)12-23-13-19(22)21-18-7-3-5-15-4-1-2-6-17(15)18/h1-2,4,6,8-11,18H,3,5,7,12-13H2,(H,21,22)/t18-/m1/s1. The van der Waals surface area contributed by atoms with E-state index in [4.69, 9.17) is 0 Å². The summed E-state index contributed by atoms with van der Waals surface area (Å²) in [6, 6.07) is 14.9. The molecule has 0 saturated heterocycles. The van der Waals surface area contributed by atoms with Gasteiger partial charge in [0.25, 0.3) is 0 Å². The molecule has 0 spiro atoms. The lowest BCUT2D eigenvalue weighted by Gasteiger charge is -2.26. The van der Waals surface area contributed by atoms with Gasteiger partial charge in [0.05, 0.1) is 11.8 Å². The first-order valence-corrected chi connectivity index (χ1v) is 9.07. The summed E-state index contributed by atoms with van der Waals surface area (Å²) in [4.78, 5) is 12.2. The lowest BCUT2D eigenvalue weighted by Crippen LogP contribution is -2.32. The Morgan fingerprint density at radius 1 is 1.17 bits per heavy atom. The SMILES string of the molecule is O=C(CSCc1ccc(F)cc1)N[C@@H]1CCCc2ccccc21. The van der Waals surface area contributed by atoms with Crippen LogP contribution in [0.25, 0.3) is 0 Å². The van der Waals surface area contributed by atoms with Crippen molar-refractivity contribution >= 4 is 17.7 Å². The van der Waals surface area contributed by atoms with Crippen molar-refractivity contribution in [3.05, 3.63) is 71.0 Å². The van der Waals surface area contributed by atoms with E-state index < -0.39 is 0 Å². The molecule has 0 saturated carbocycles. The van der Waals surface area contributed by atoms with Gasteiger partial charge in [-0.05, 0) is 48.1 Å². The molecule has 4 heteroatoms. The van der Waals surface area contributed by atoms with E-state index in [-0.39, 0.29) is 17.8 Å². The third-order valence-corrected chi connectivity index (χ3v) is 5.12. The molecular formula is C19H20FNOS. The summed E-state index contributed by atoms with van der Waals surface area (Å²) in [6.45, 7) is 0. The summed E-state index contributed by atoms with van der Waals surface area (Å²) in [6.07, 6.45) is 3.22. The minimum atomic E-state index is -0.229. The van der Waals surface area contributed by atoms with Crippen LogP contribution in [-0.4, -0.2) is 11.7 Å². The van der Waals surface area contributed by atoms with Gasteiger partial charge < -0.3 is 5.32 Å². The number of carbonyl (C=O) groups is 1. The first-order valence-electron chi connectivity index (χ1n) is 7.92. The van der Waals surface area contributed by atoms with Gasteiger partial charge in [-0.15, -0.1) is 11.8 Å². The number of amides is 1. The van der Waals surface area contributed by atoms with Crippen LogP contribution in [-0.2, 0) is 17.0 Å². The molecule has 0 aliphatic heterocycles. The fraction of sp³-hybridized carbons (Fsp3) is 0.316. The third-order valence-electron chi connectivity index (χ3n) is 4.12. The number of halogens is 1. The minimum Gasteiger partial charge on any atom is -0.349 e. The van der Waals surface area contributed by atoms with Crippen molar-refractivity contribution in [3.63, 3.8) is 0 Å².